The van der Waals surface area contributed by atoms with Crippen molar-refractivity contribution >= 4 is 17.5 Å². The minimum Gasteiger partial charge on any atom is -0.357 e. The zero-order valence-electron chi connectivity index (χ0n) is 10.6. The van der Waals surface area contributed by atoms with Crippen LogP contribution in [0.3, 0.4) is 0 Å². The first-order valence-corrected chi connectivity index (χ1v) is 5.65. The Morgan fingerprint density at radius 3 is 2.61 bits per heavy atom. The summed E-state index contributed by atoms with van der Waals surface area (Å²) in [5.74, 6) is 0.804. The van der Waals surface area contributed by atoms with Crippen molar-refractivity contribution in [1.82, 2.24) is 9.97 Å². The monoisotopic (exact) mass is 246 g/mol. The van der Waals surface area contributed by atoms with Crippen molar-refractivity contribution in [2.24, 2.45) is 0 Å². The number of nitrogens with zero attached hydrogens (tertiary/aromatic N) is 2. The fourth-order valence-electron chi connectivity index (χ4n) is 1.60. The summed E-state index contributed by atoms with van der Waals surface area (Å²) in [5.41, 5.74) is 2.14. The van der Waals surface area contributed by atoms with Gasteiger partial charge in [-0.15, -0.1) is 0 Å². The Kier molecular flexibility index (Phi) is 3.41. The van der Waals surface area contributed by atoms with Gasteiger partial charge in [0.25, 0.3) is 0 Å². The standard InChI is InChI=1S/C13H15FN4/c1-8-5-4-6-10(14)11(8)17-12-9(2)7-16-13(15-3)18-12/h4-7H,1-3H3,(H2,15,16,17,18). The van der Waals surface area contributed by atoms with Crippen LogP contribution in [0, 0.1) is 19.7 Å². The molecule has 0 amide bonds. The molecule has 18 heavy (non-hydrogen) atoms. The van der Waals surface area contributed by atoms with Crippen molar-refractivity contribution in [2.75, 3.05) is 17.7 Å². The van der Waals surface area contributed by atoms with Crippen LogP contribution in [-0.4, -0.2) is 17.0 Å². The molecule has 0 saturated heterocycles. The molecule has 0 aliphatic heterocycles. The van der Waals surface area contributed by atoms with E-state index in [0.29, 0.717) is 17.5 Å². The van der Waals surface area contributed by atoms with E-state index >= 15 is 0 Å². The number of hydrogen-bond acceptors (Lipinski definition) is 4. The van der Waals surface area contributed by atoms with Crippen LogP contribution in [0.25, 0.3) is 0 Å². The third-order valence-corrected chi connectivity index (χ3v) is 2.66. The second kappa shape index (κ2) is 5.00. The van der Waals surface area contributed by atoms with Gasteiger partial charge in [0, 0.05) is 18.8 Å². The molecular formula is C13H15FN4. The third-order valence-electron chi connectivity index (χ3n) is 2.66. The highest BCUT2D eigenvalue weighted by Crippen LogP contribution is 2.24. The predicted octanol–water partition coefficient (Wildman–Crippen LogP) is 3.02. The number of aryl methyl sites for hydroxylation is 2. The number of hydrogen-bond donors (Lipinski definition) is 2. The molecule has 0 radical (unpaired) electrons. The molecule has 2 N–H and O–H groups in total. The third kappa shape index (κ3) is 2.40. The number of rotatable bonds is 3. The number of halogens is 1. The van der Waals surface area contributed by atoms with Crippen LogP contribution >= 0.6 is 0 Å². The molecule has 0 aliphatic rings. The second-order valence-corrected chi connectivity index (χ2v) is 4.03. The summed E-state index contributed by atoms with van der Waals surface area (Å²) < 4.78 is 13.7. The summed E-state index contributed by atoms with van der Waals surface area (Å²) in [4.78, 5) is 8.36. The molecule has 94 valence electrons. The Hall–Kier alpha value is -2.17. The zero-order chi connectivity index (χ0) is 13.1. The Balaban J connectivity index is 2.39. The summed E-state index contributed by atoms with van der Waals surface area (Å²) in [5, 5.41) is 5.87. The molecular weight excluding hydrogens is 231 g/mol. The summed E-state index contributed by atoms with van der Waals surface area (Å²) in [6.07, 6.45) is 1.69. The average molecular weight is 246 g/mol. The Labute approximate surface area is 105 Å². The largest absolute Gasteiger partial charge is 0.357 e. The topological polar surface area (TPSA) is 49.8 Å². The van der Waals surface area contributed by atoms with E-state index in [2.05, 4.69) is 20.6 Å². The van der Waals surface area contributed by atoms with E-state index in [1.807, 2.05) is 19.9 Å². The fourth-order valence-corrected chi connectivity index (χ4v) is 1.60. The van der Waals surface area contributed by atoms with Gasteiger partial charge in [-0.2, -0.15) is 4.98 Å². The van der Waals surface area contributed by atoms with Crippen molar-refractivity contribution in [1.29, 1.82) is 0 Å². The zero-order valence-corrected chi connectivity index (χ0v) is 10.6. The number of aromatic nitrogens is 2. The van der Waals surface area contributed by atoms with Gasteiger partial charge in [0.1, 0.15) is 11.6 Å². The van der Waals surface area contributed by atoms with Crippen LogP contribution in [0.2, 0.25) is 0 Å². The first kappa shape index (κ1) is 12.3. The molecule has 1 aromatic heterocycles. The highest BCUT2D eigenvalue weighted by atomic mass is 19.1. The van der Waals surface area contributed by atoms with Crippen LogP contribution in [0.4, 0.5) is 21.8 Å². The normalized spacial score (nSPS) is 10.2. The number of benzene rings is 1. The Morgan fingerprint density at radius 1 is 1.17 bits per heavy atom. The lowest BCUT2D eigenvalue weighted by molar-refractivity contribution is 0.630. The molecule has 0 fully saturated rings. The summed E-state index contributed by atoms with van der Waals surface area (Å²) in [6, 6.07) is 4.95. The summed E-state index contributed by atoms with van der Waals surface area (Å²) in [7, 11) is 1.74. The van der Waals surface area contributed by atoms with Gasteiger partial charge < -0.3 is 10.6 Å². The van der Waals surface area contributed by atoms with Gasteiger partial charge in [0.15, 0.2) is 0 Å². The molecule has 1 heterocycles. The molecule has 0 bridgehead atoms. The first-order valence-electron chi connectivity index (χ1n) is 5.65. The van der Waals surface area contributed by atoms with Gasteiger partial charge >= 0.3 is 0 Å². The van der Waals surface area contributed by atoms with E-state index in [1.54, 1.807) is 19.3 Å². The van der Waals surface area contributed by atoms with E-state index in [1.165, 1.54) is 6.07 Å². The number of para-hydroxylation sites is 1. The van der Waals surface area contributed by atoms with Crippen molar-refractivity contribution in [2.45, 2.75) is 13.8 Å². The number of nitrogens with one attached hydrogen (secondary N) is 2. The molecule has 0 atom stereocenters. The van der Waals surface area contributed by atoms with Gasteiger partial charge in [0.05, 0.1) is 5.69 Å². The van der Waals surface area contributed by atoms with E-state index < -0.39 is 0 Å². The van der Waals surface area contributed by atoms with Crippen molar-refractivity contribution < 1.29 is 4.39 Å². The van der Waals surface area contributed by atoms with Gasteiger partial charge in [0.2, 0.25) is 5.95 Å². The molecule has 5 heteroatoms. The second-order valence-electron chi connectivity index (χ2n) is 4.03. The van der Waals surface area contributed by atoms with Crippen molar-refractivity contribution in [3.63, 3.8) is 0 Å². The summed E-state index contributed by atoms with van der Waals surface area (Å²) in [6.45, 7) is 3.72. The molecule has 1 aromatic carbocycles. The lowest BCUT2D eigenvalue weighted by Gasteiger charge is -2.12. The van der Waals surface area contributed by atoms with Gasteiger partial charge in [-0.3, -0.25) is 0 Å². The quantitative estimate of drug-likeness (QED) is 0.874. The van der Waals surface area contributed by atoms with E-state index in [0.717, 1.165) is 11.1 Å². The highest BCUT2D eigenvalue weighted by molar-refractivity contribution is 5.63. The first-order chi connectivity index (χ1) is 8.61. The number of anilines is 3. The maximum atomic E-state index is 13.7. The Morgan fingerprint density at radius 2 is 1.94 bits per heavy atom. The van der Waals surface area contributed by atoms with Crippen molar-refractivity contribution in [3.05, 3.63) is 41.3 Å². The van der Waals surface area contributed by atoms with Crippen LogP contribution < -0.4 is 10.6 Å². The molecule has 0 unspecified atom stereocenters. The SMILES string of the molecule is CNc1ncc(C)c(Nc2c(C)cccc2F)n1. The molecule has 0 saturated carbocycles. The smallest absolute Gasteiger partial charge is 0.224 e. The van der Waals surface area contributed by atoms with Crippen molar-refractivity contribution in [3.8, 4) is 0 Å². The maximum Gasteiger partial charge on any atom is 0.224 e. The molecule has 0 aliphatic carbocycles. The molecule has 2 rings (SSSR count). The molecule has 2 aromatic rings. The Bertz CT molecular complexity index is 549. The average Bonchev–Trinajstić information content (AvgIpc) is 2.36. The van der Waals surface area contributed by atoms with Gasteiger partial charge in [-0.05, 0) is 25.5 Å². The fraction of sp³-hybridized carbons (Fsp3) is 0.231. The minimum absolute atomic E-state index is 0.293. The summed E-state index contributed by atoms with van der Waals surface area (Å²) >= 11 is 0. The molecule has 4 nitrogen and oxygen atoms in total. The van der Waals surface area contributed by atoms with Gasteiger partial charge in [-0.25, -0.2) is 9.37 Å². The van der Waals surface area contributed by atoms with E-state index in [4.69, 9.17) is 0 Å². The minimum atomic E-state index is -0.293. The lowest BCUT2D eigenvalue weighted by atomic mass is 10.2. The van der Waals surface area contributed by atoms with Crippen LogP contribution in [0.15, 0.2) is 24.4 Å². The van der Waals surface area contributed by atoms with E-state index in [9.17, 15) is 4.39 Å². The van der Waals surface area contributed by atoms with Crippen LogP contribution in [0.5, 0.6) is 0 Å². The van der Waals surface area contributed by atoms with Crippen LogP contribution in [-0.2, 0) is 0 Å². The van der Waals surface area contributed by atoms with Gasteiger partial charge in [-0.1, -0.05) is 12.1 Å². The predicted molar refractivity (Wildman–Crippen MR) is 70.7 cm³/mol. The highest BCUT2D eigenvalue weighted by Gasteiger charge is 2.09. The van der Waals surface area contributed by atoms with E-state index in [-0.39, 0.29) is 5.82 Å². The maximum absolute atomic E-state index is 13.7. The van der Waals surface area contributed by atoms with Crippen LogP contribution in [0.1, 0.15) is 11.1 Å². The molecule has 0 spiro atoms. The lowest BCUT2D eigenvalue weighted by Crippen LogP contribution is -2.04.